The number of aromatic nitrogens is 1. The molecule has 0 spiro atoms. The molecule has 25 heavy (non-hydrogen) atoms. The largest absolute Gasteiger partial charge is 0.462 e. The van der Waals surface area contributed by atoms with Crippen LogP contribution in [0.4, 0.5) is 11.4 Å². The van der Waals surface area contributed by atoms with E-state index in [0.29, 0.717) is 32.0 Å². The smallest absolute Gasteiger partial charge is 0.339 e. The van der Waals surface area contributed by atoms with Gasteiger partial charge >= 0.3 is 5.97 Å². The van der Waals surface area contributed by atoms with Gasteiger partial charge in [-0.2, -0.15) is 0 Å². The Bertz CT molecular complexity index is 948. The fraction of sp³-hybridized carbons (Fsp3) is 0.167. The summed E-state index contributed by atoms with van der Waals surface area (Å²) in [4.78, 5) is 29.5. The molecular weight excluding hydrogens is 338 g/mol. The summed E-state index contributed by atoms with van der Waals surface area (Å²) >= 11 is 1.19. The molecule has 0 aliphatic heterocycles. The van der Waals surface area contributed by atoms with Gasteiger partial charge in [0.1, 0.15) is 9.71 Å². The lowest BCUT2D eigenvalue weighted by atomic mass is 10.2. The molecule has 0 radical (unpaired) electrons. The van der Waals surface area contributed by atoms with E-state index in [9.17, 15) is 9.59 Å². The lowest BCUT2D eigenvalue weighted by Gasteiger charge is -2.04. The predicted octanol–water partition coefficient (Wildman–Crippen LogP) is 3.62. The van der Waals surface area contributed by atoms with Crippen LogP contribution in [0.1, 0.15) is 32.5 Å². The number of fused-ring (bicyclic) bond motifs is 1. The van der Waals surface area contributed by atoms with Crippen LogP contribution in [0.5, 0.6) is 0 Å². The molecule has 1 amide bonds. The second-order valence-corrected chi connectivity index (χ2v) is 6.46. The van der Waals surface area contributed by atoms with E-state index < -0.39 is 5.97 Å². The zero-order chi connectivity index (χ0) is 18.0. The second-order valence-electron chi connectivity index (χ2n) is 5.46. The topological polar surface area (TPSA) is 94.3 Å². The Balaban J connectivity index is 1.91. The van der Waals surface area contributed by atoms with Crippen molar-refractivity contribution >= 4 is 44.8 Å². The molecule has 0 aliphatic carbocycles. The fourth-order valence-electron chi connectivity index (χ4n) is 2.32. The van der Waals surface area contributed by atoms with Crippen LogP contribution in [0, 0.1) is 6.92 Å². The minimum Gasteiger partial charge on any atom is -0.462 e. The highest BCUT2D eigenvalue weighted by atomic mass is 32.1. The summed E-state index contributed by atoms with van der Waals surface area (Å²) in [6, 6.07) is 9.09. The molecule has 2 aromatic heterocycles. The second kappa shape index (κ2) is 6.90. The molecule has 7 heteroatoms. The fourth-order valence-corrected chi connectivity index (χ4v) is 3.26. The van der Waals surface area contributed by atoms with Crippen molar-refractivity contribution in [1.82, 2.24) is 4.98 Å². The van der Waals surface area contributed by atoms with Gasteiger partial charge in [-0.05, 0) is 32.0 Å². The molecule has 0 aliphatic rings. The normalized spacial score (nSPS) is 10.6. The Labute approximate surface area is 148 Å². The number of esters is 1. The van der Waals surface area contributed by atoms with Crippen LogP contribution in [0.3, 0.4) is 0 Å². The molecule has 3 aromatic rings. The standard InChI is InChI=1S/C18H17N3O3S/c1-3-24-18(23)11-8-13-14(19)15(25-17(13)20-9-11)16(22)21-12-6-4-10(2)5-7-12/h4-9H,3,19H2,1-2H3,(H,21,22). The van der Waals surface area contributed by atoms with E-state index in [1.807, 2.05) is 31.2 Å². The third kappa shape index (κ3) is 3.46. The summed E-state index contributed by atoms with van der Waals surface area (Å²) in [5, 5.41) is 3.39. The van der Waals surface area contributed by atoms with Gasteiger partial charge in [-0.15, -0.1) is 11.3 Å². The zero-order valence-corrected chi connectivity index (χ0v) is 14.6. The van der Waals surface area contributed by atoms with Gasteiger partial charge in [0.05, 0.1) is 17.9 Å². The molecular formula is C18H17N3O3S. The molecule has 3 N–H and O–H groups in total. The number of rotatable bonds is 4. The van der Waals surface area contributed by atoms with E-state index in [4.69, 9.17) is 10.5 Å². The Hall–Kier alpha value is -2.93. The van der Waals surface area contributed by atoms with Crippen molar-refractivity contribution < 1.29 is 14.3 Å². The number of hydrogen-bond acceptors (Lipinski definition) is 6. The molecule has 0 unspecified atom stereocenters. The zero-order valence-electron chi connectivity index (χ0n) is 13.8. The number of benzene rings is 1. The number of nitrogens with two attached hydrogens (primary N) is 1. The summed E-state index contributed by atoms with van der Waals surface area (Å²) in [5.74, 6) is -0.768. The van der Waals surface area contributed by atoms with Gasteiger partial charge in [-0.1, -0.05) is 17.7 Å². The number of anilines is 2. The molecule has 6 nitrogen and oxygen atoms in total. The molecule has 3 rings (SSSR count). The first-order chi connectivity index (χ1) is 12.0. The van der Waals surface area contributed by atoms with Gasteiger partial charge in [0.25, 0.3) is 5.91 Å². The number of hydrogen-bond donors (Lipinski definition) is 2. The molecule has 0 saturated carbocycles. The minimum atomic E-state index is -0.465. The van der Waals surface area contributed by atoms with Crippen molar-refractivity contribution in [3.05, 3.63) is 52.5 Å². The Morgan fingerprint density at radius 2 is 2.00 bits per heavy atom. The van der Waals surface area contributed by atoms with Crippen LogP contribution < -0.4 is 11.1 Å². The van der Waals surface area contributed by atoms with E-state index in [1.165, 1.54) is 17.5 Å². The molecule has 0 atom stereocenters. The van der Waals surface area contributed by atoms with Gasteiger partial charge in [-0.3, -0.25) is 4.79 Å². The minimum absolute atomic E-state index is 0.278. The Morgan fingerprint density at radius 3 is 2.68 bits per heavy atom. The molecule has 128 valence electrons. The lowest BCUT2D eigenvalue weighted by molar-refractivity contribution is 0.0526. The summed E-state index contributed by atoms with van der Waals surface area (Å²) in [5.41, 5.74) is 8.53. The van der Waals surface area contributed by atoms with Gasteiger partial charge in [0.2, 0.25) is 0 Å². The van der Waals surface area contributed by atoms with Crippen LogP contribution in [0.2, 0.25) is 0 Å². The SMILES string of the molecule is CCOC(=O)c1cnc2sc(C(=O)Nc3ccc(C)cc3)c(N)c2c1. The number of amides is 1. The van der Waals surface area contributed by atoms with Crippen LogP contribution >= 0.6 is 11.3 Å². The van der Waals surface area contributed by atoms with Gasteiger partial charge in [-0.25, -0.2) is 9.78 Å². The van der Waals surface area contributed by atoms with Gasteiger partial charge < -0.3 is 15.8 Å². The number of nitrogens with zero attached hydrogens (tertiary/aromatic N) is 1. The van der Waals surface area contributed by atoms with Gasteiger partial charge in [0, 0.05) is 17.3 Å². The number of pyridine rings is 1. The van der Waals surface area contributed by atoms with Crippen molar-refractivity contribution in [3.8, 4) is 0 Å². The highest BCUT2D eigenvalue weighted by Crippen LogP contribution is 2.33. The van der Waals surface area contributed by atoms with E-state index in [0.717, 1.165) is 5.56 Å². The maximum atomic E-state index is 12.5. The van der Waals surface area contributed by atoms with Crippen LogP contribution in [-0.4, -0.2) is 23.5 Å². The van der Waals surface area contributed by atoms with E-state index in [1.54, 1.807) is 13.0 Å². The number of nitrogens with one attached hydrogen (secondary N) is 1. The van der Waals surface area contributed by atoms with Crippen molar-refractivity contribution in [2.45, 2.75) is 13.8 Å². The van der Waals surface area contributed by atoms with Crippen molar-refractivity contribution in [3.63, 3.8) is 0 Å². The molecule has 2 heterocycles. The van der Waals surface area contributed by atoms with Crippen LogP contribution in [-0.2, 0) is 4.74 Å². The monoisotopic (exact) mass is 355 g/mol. The molecule has 0 bridgehead atoms. The van der Waals surface area contributed by atoms with Crippen molar-refractivity contribution in [2.75, 3.05) is 17.7 Å². The summed E-state index contributed by atoms with van der Waals surface area (Å²) in [7, 11) is 0. The number of ether oxygens (including phenoxy) is 1. The molecule has 1 aromatic carbocycles. The number of carbonyl (C=O) groups excluding carboxylic acids is 2. The third-order valence-electron chi connectivity index (χ3n) is 3.61. The Kier molecular flexibility index (Phi) is 4.67. The number of aryl methyl sites for hydroxylation is 1. The summed E-state index contributed by atoms with van der Waals surface area (Å²) < 4.78 is 4.96. The average molecular weight is 355 g/mol. The van der Waals surface area contributed by atoms with E-state index >= 15 is 0 Å². The van der Waals surface area contributed by atoms with Crippen molar-refractivity contribution in [1.29, 1.82) is 0 Å². The Morgan fingerprint density at radius 1 is 1.28 bits per heavy atom. The maximum Gasteiger partial charge on any atom is 0.339 e. The molecule has 0 fully saturated rings. The highest BCUT2D eigenvalue weighted by Gasteiger charge is 2.19. The first-order valence-corrected chi connectivity index (χ1v) is 8.54. The first-order valence-electron chi connectivity index (χ1n) is 7.72. The van der Waals surface area contributed by atoms with Crippen LogP contribution in [0.25, 0.3) is 10.2 Å². The maximum absolute atomic E-state index is 12.5. The number of thiophene rings is 1. The molecule has 0 saturated heterocycles. The van der Waals surface area contributed by atoms with E-state index in [-0.39, 0.29) is 12.5 Å². The highest BCUT2D eigenvalue weighted by molar-refractivity contribution is 7.21. The number of carbonyl (C=O) groups is 2. The average Bonchev–Trinajstić information content (AvgIpc) is 2.93. The van der Waals surface area contributed by atoms with Gasteiger partial charge in [0.15, 0.2) is 0 Å². The summed E-state index contributed by atoms with van der Waals surface area (Å²) in [6.45, 7) is 3.99. The quantitative estimate of drug-likeness (QED) is 0.697. The van der Waals surface area contributed by atoms with Crippen molar-refractivity contribution in [2.24, 2.45) is 0 Å². The van der Waals surface area contributed by atoms with E-state index in [2.05, 4.69) is 10.3 Å². The summed E-state index contributed by atoms with van der Waals surface area (Å²) in [6.07, 6.45) is 1.43. The lowest BCUT2D eigenvalue weighted by Crippen LogP contribution is -2.11. The van der Waals surface area contributed by atoms with Crippen LogP contribution in [0.15, 0.2) is 36.5 Å². The predicted molar refractivity (Wildman–Crippen MR) is 99.1 cm³/mol. The first kappa shape index (κ1) is 16.9. The number of nitrogen functional groups attached to an aromatic ring is 1. The third-order valence-corrected chi connectivity index (χ3v) is 4.74.